The summed E-state index contributed by atoms with van der Waals surface area (Å²) in [7, 11) is 1.75. The molecule has 0 saturated carbocycles. The van der Waals surface area contributed by atoms with Crippen LogP contribution < -0.4 is 15.4 Å². The SMILES string of the molecule is CN=C(NCCCOc1ccc(F)cc1)NCCc1nc(C)c(C)s1.I. The number of hydrogen-bond acceptors (Lipinski definition) is 4. The molecule has 0 saturated heterocycles. The molecule has 0 aliphatic heterocycles. The third-order valence-corrected chi connectivity index (χ3v) is 4.76. The molecule has 2 N–H and O–H groups in total. The van der Waals surface area contributed by atoms with E-state index in [2.05, 4.69) is 27.5 Å². The number of thiazole rings is 1. The highest BCUT2D eigenvalue weighted by Crippen LogP contribution is 2.16. The van der Waals surface area contributed by atoms with Crippen LogP contribution in [0.1, 0.15) is 22.0 Å². The topological polar surface area (TPSA) is 58.5 Å². The fraction of sp³-hybridized carbons (Fsp3) is 0.444. The van der Waals surface area contributed by atoms with E-state index in [1.807, 2.05) is 6.92 Å². The summed E-state index contributed by atoms with van der Waals surface area (Å²) in [5.41, 5.74) is 1.11. The van der Waals surface area contributed by atoms with Crippen LogP contribution in [0, 0.1) is 19.7 Å². The molecule has 0 bridgehead atoms. The van der Waals surface area contributed by atoms with Gasteiger partial charge in [-0.2, -0.15) is 0 Å². The first-order valence-electron chi connectivity index (χ1n) is 8.34. The third kappa shape index (κ3) is 7.86. The lowest BCUT2D eigenvalue weighted by atomic mass is 10.3. The Morgan fingerprint density at radius 2 is 1.88 bits per heavy atom. The fourth-order valence-electron chi connectivity index (χ4n) is 2.15. The van der Waals surface area contributed by atoms with E-state index in [-0.39, 0.29) is 29.8 Å². The monoisotopic (exact) mass is 492 g/mol. The number of nitrogens with zero attached hydrogens (tertiary/aromatic N) is 2. The summed E-state index contributed by atoms with van der Waals surface area (Å²) < 4.78 is 18.4. The lowest BCUT2D eigenvalue weighted by molar-refractivity contribution is 0.310. The number of rotatable bonds is 8. The van der Waals surface area contributed by atoms with E-state index in [1.54, 1.807) is 30.5 Å². The zero-order chi connectivity index (χ0) is 18.1. The summed E-state index contributed by atoms with van der Waals surface area (Å²) in [6.07, 6.45) is 1.71. The van der Waals surface area contributed by atoms with E-state index in [4.69, 9.17) is 4.74 Å². The number of ether oxygens (including phenoxy) is 1. The molecule has 1 aromatic heterocycles. The van der Waals surface area contributed by atoms with E-state index in [0.29, 0.717) is 12.4 Å². The van der Waals surface area contributed by atoms with Gasteiger partial charge in [0.05, 0.1) is 17.3 Å². The largest absolute Gasteiger partial charge is 0.494 e. The molecule has 0 radical (unpaired) electrons. The van der Waals surface area contributed by atoms with Crippen molar-refractivity contribution < 1.29 is 9.13 Å². The number of aromatic nitrogens is 1. The van der Waals surface area contributed by atoms with Crippen molar-refractivity contribution in [1.82, 2.24) is 15.6 Å². The van der Waals surface area contributed by atoms with Crippen LogP contribution >= 0.6 is 35.3 Å². The molecule has 0 unspecified atom stereocenters. The summed E-state index contributed by atoms with van der Waals surface area (Å²) in [4.78, 5) is 10.0. The molecule has 26 heavy (non-hydrogen) atoms. The predicted molar refractivity (Wildman–Crippen MR) is 117 cm³/mol. The van der Waals surface area contributed by atoms with Crippen molar-refractivity contribution in [2.45, 2.75) is 26.7 Å². The van der Waals surface area contributed by atoms with Gasteiger partial charge in [-0.1, -0.05) is 0 Å². The quantitative estimate of drug-likeness (QED) is 0.256. The van der Waals surface area contributed by atoms with E-state index >= 15 is 0 Å². The van der Waals surface area contributed by atoms with Crippen LogP contribution in [0.2, 0.25) is 0 Å². The molecular formula is C18H26FIN4OS. The zero-order valence-electron chi connectivity index (χ0n) is 15.3. The van der Waals surface area contributed by atoms with Crippen LogP contribution in [-0.4, -0.2) is 37.7 Å². The number of halogens is 2. The number of aliphatic imine (C=N–C) groups is 1. The fourth-order valence-corrected chi connectivity index (χ4v) is 3.09. The van der Waals surface area contributed by atoms with Gasteiger partial charge >= 0.3 is 0 Å². The van der Waals surface area contributed by atoms with Crippen molar-refractivity contribution in [2.75, 3.05) is 26.7 Å². The van der Waals surface area contributed by atoms with Gasteiger partial charge in [0.25, 0.3) is 0 Å². The average Bonchev–Trinajstić information content (AvgIpc) is 2.92. The molecule has 0 amide bonds. The lowest BCUT2D eigenvalue weighted by Gasteiger charge is -2.11. The van der Waals surface area contributed by atoms with Gasteiger partial charge in [0.1, 0.15) is 11.6 Å². The van der Waals surface area contributed by atoms with Crippen molar-refractivity contribution >= 4 is 41.3 Å². The molecule has 0 aliphatic carbocycles. The van der Waals surface area contributed by atoms with Crippen molar-refractivity contribution in [2.24, 2.45) is 4.99 Å². The Bertz CT molecular complexity index is 671. The molecule has 5 nitrogen and oxygen atoms in total. The molecule has 1 heterocycles. The molecule has 0 spiro atoms. The van der Waals surface area contributed by atoms with Crippen LogP contribution in [-0.2, 0) is 6.42 Å². The normalized spacial score (nSPS) is 11.0. The molecule has 2 rings (SSSR count). The lowest BCUT2D eigenvalue weighted by Crippen LogP contribution is -2.39. The van der Waals surface area contributed by atoms with E-state index < -0.39 is 0 Å². The molecule has 8 heteroatoms. The minimum absolute atomic E-state index is 0. The predicted octanol–water partition coefficient (Wildman–Crippen LogP) is 3.69. The minimum atomic E-state index is -0.257. The second-order valence-electron chi connectivity index (χ2n) is 5.58. The number of benzene rings is 1. The molecule has 0 fully saturated rings. The number of hydrogen-bond donors (Lipinski definition) is 2. The van der Waals surface area contributed by atoms with Crippen LogP contribution in [0.25, 0.3) is 0 Å². The maximum absolute atomic E-state index is 12.8. The highest BCUT2D eigenvalue weighted by atomic mass is 127. The smallest absolute Gasteiger partial charge is 0.190 e. The number of aryl methyl sites for hydroxylation is 2. The highest BCUT2D eigenvalue weighted by molar-refractivity contribution is 14.0. The maximum Gasteiger partial charge on any atom is 0.190 e. The molecule has 0 aliphatic rings. The average molecular weight is 492 g/mol. The summed E-state index contributed by atoms with van der Waals surface area (Å²) in [6.45, 7) is 6.23. The van der Waals surface area contributed by atoms with Gasteiger partial charge < -0.3 is 15.4 Å². The zero-order valence-corrected chi connectivity index (χ0v) is 18.5. The van der Waals surface area contributed by atoms with Crippen molar-refractivity contribution in [3.05, 3.63) is 45.7 Å². The third-order valence-electron chi connectivity index (χ3n) is 3.62. The minimum Gasteiger partial charge on any atom is -0.494 e. The molecule has 1 aromatic carbocycles. The molecular weight excluding hydrogens is 466 g/mol. The van der Waals surface area contributed by atoms with Crippen LogP contribution in [0.15, 0.2) is 29.3 Å². The van der Waals surface area contributed by atoms with Gasteiger partial charge in [-0.3, -0.25) is 4.99 Å². The Morgan fingerprint density at radius 3 is 2.50 bits per heavy atom. The molecule has 2 aromatic rings. The number of nitrogens with one attached hydrogen (secondary N) is 2. The standard InChI is InChI=1S/C18H25FN4OS.HI/c1-13-14(2)25-17(23-13)9-11-22-18(20-3)21-10-4-12-24-16-7-5-15(19)6-8-16;/h5-8H,4,9-12H2,1-3H3,(H2,20,21,22);1H. The van der Waals surface area contributed by atoms with Gasteiger partial charge in [0, 0.05) is 31.4 Å². The van der Waals surface area contributed by atoms with Gasteiger partial charge in [-0.25, -0.2) is 9.37 Å². The second kappa shape index (κ2) is 12.1. The Balaban J connectivity index is 0.00000338. The Hall–Kier alpha value is -1.42. The van der Waals surface area contributed by atoms with E-state index in [0.717, 1.165) is 42.6 Å². The molecule has 0 atom stereocenters. The van der Waals surface area contributed by atoms with Gasteiger partial charge in [-0.05, 0) is 44.5 Å². The van der Waals surface area contributed by atoms with Gasteiger partial charge in [-0.15, -0.1) is 35.3 Å². The summed E-state index contributed by atoms with van der Waals surface area (Å²) in [5, 5.41) is 7.68. The summed E-state index contributed by atoms with van der Waals surface area (Å²) in [6, 6.07) is 6.05. The first kappa shape index (κ1) is 22.6. The molecule has 144 valence electrons. The van der Waals surface area contributed by atoms with Crippen molar-refractivity contribution in [3.63, 3.8) is 0 Å². The Labute approximate surface area is 175 Å². The first-order chi connectivity index (χ1) is 12.1. The van der Waals surface area contributed by atoms with E-state index in [9.17, 15) is 4.39 Å². The second-order valence-corrected chi connectivity index (χ2v) is 6.87. The first-order valence-corrected chi connectivity index (χ1v) is 9.16. The van der Waals surface area contributed by atoms with Gasteiger partial charge in [0.2, 0.25) is 0 Å². The number of guanidine groups is 1. The summed E-state index contributed by atoms with van der Waals surface area (Å²) >= 11 is 1.75. The van der Waals surface area contributed by atoms with Crippen LogP contribution in [0.5, 0.6) is 5.75 Å². The van der Waals surface area contributed by atoms with Crippen molar-refractivity contribution in [3.8, 4) is 5.75 Å². The maximum atomic E-state index is 12.8. The van der Waals surface area contributed by atoms with Crippen LogP contribution in [0.3, 0.4) is 0 Å². The van der Waals surface area contributed by atoms with Crippen LogP contribution in [0.4, 0.5) is 4.39 Å². The summed E-state index contributed by atoms with van der Waals surface area (Å²) in [5.74, 6) is 1.19. The van der Waals surface area contributed by atoms with Crippen molar-refractivity contribution in [1.29, 1.82) is 0 Å². The van der Waals surface area contributed by atoms with Gasteiger partial charge in [0.15, 0.2) is 5.96 Å². The Morgan fingerprint density at radius 1 is 1.19 bits per heavy atom. The highest BCUT2D eigenvalue weighted by Gasteiger charge is 2.04. The van der Waals surface area contributed by atoms with E-state index in [1.165, 1.54) is 17.0 Å². The Kier molecular flexibility index (Phi) is 10.5.